The number of halogens is 1. The maximum Gasteiger partial charge on any atom is 0.179 e. The van der Waals surface area contributed by atoms with Gasteiger partial charge in [0.05, 0.1) is 6.04 Å². The fraction of sp³-hybridized carbons (Fsp3) is 0.562. The SMILES string of the molecule is CCN(CC1CCC1)C(C)C(=O)c1cccc(Cl)c1. The summed E-state index contributed by atoms with van der Waals surface area (Å²) in [7, 11) is 0. The van der Waals surface area contributed by atoms with Crippen molar-refractivity contribution in [2.45, 2.75) is 39.2 Å². The minimum atomic E-state index is -0.0657. The van der Waals surface area contributed by atoms with Crippen molar-refractivity contribution in [3.05, 3.63) is 34.9 Å². The van der Waals surface area contributed by atoms with Gasteiger partial charge in [-0.15, -0.1) is 0 Å². The van der Waals surface area contributed by atoms with E-state index in [1.807, 2.05) is 19.1 Å². The first-order chi connectivity index (χ1) is 9.11. The molecule has 104 valence electrons. The number of benzene rings is 1. The van der Waals surface area contributed by atoms with Gasteiger partial charge >= 0.3 is 0 Å². The molecule has 0 radical (unpaired) electrons. The summed E-state index contributed by atoms with van der Waals surface area (Å²) in [5, 5.41) is 0.625. The molecule has 2 nitrogen and oxygen atoms in total. The smallest absolute Gasteiger partial charge is 0.179 e. The Balaban J connectivity index is 2.03. The van der Waals surface area contributed by atoms with Crippen LogP contribution < -0.4 is 0 Å². The molecule has 1 unspecified atom stereocenters. The molecule has 1 atom stereocenters. The summed E-state index contributed by atoms with van der Waals surface area (Å²) in [4.78, 5) is 14.8. The lowest BCUT2D eigenvalue weighted by Gasteiger charge is -2.34. The van der Waals surface area contributed by atoms with Crippen molar-refractivity contribution >= 4 is 17.4 Å². The van der Waals surface area contributed by atoms with Gasteiger partial charge in [-0.3, -0.25) is 9.69 Å². The van der Waals surface area contributed by atoms with Gasteiger partial charge in [-0.05, 0) is 44.4 Å². The topological polar surface area (TPSA) is 20.3 Å². The fourth-order valence-corrected chi connectivity index (χ4v) is 2.81. The molecule has 1 aromatic rings. The highest BCUT2D eigenvalue weighted by Gasteiger charge is 2.26. The van der Waals surface area contributed by atoms with Gasteiger partial charge in [0, 0.05) is 17.1 Å². The number of likely N-dealkylation sites (N-methyl/N-ethyl adjacent to an activating group) is 1. The molecule has 1 fully saturated rings. The molecule has 1 aliphatic rings. The van der Waals surface area contributed by atoms with Crippen molar-refractivity contribution in [3.8, 4) is 0 Å². The molecule has 0 bridgehead atoms. The Labute approximate surface area is 120 Å². The fourth-order valence-electron chi connectivity index (χ4n) is 2.62. The molecule has 2 rings (SSSR count). The van der Waals surface area contributed by atoms with Crippen molar-refractivity contribution in [2.24, 2.45) is 5.92 Å². The Kier molecular flexibility index (Phi) is 5.00. The van der Waals surface area contributed by atoms with E-state index in [1.54, 1.807) is 12.1 Å². The van der Waals surface area contributed by atoms with Crippen molar-refractivity contribution in [3.63, 3.8) is 0 Å². The minimum Gasteiger partial charge on any atom is -0.294 e. The summed E-state index contributed by atoms with van der Waals surface area (Å²) in [6, 6.07) is 7.18. The zero-order valence-corrected chi connectivity index (χ0v) is 12.5. The van der Waals surface area contributed by atoms with E-state index < -0.39 is 0 Å². The summed E-state index contributed by atoms with van der Waals surface area (Å²) < 4.78 is 0. The van der Waals surface area contributed by atoms with Crippen LogP contribution in [0.25, 0.3) is 0 Å². The molecule has 1 aliphatic carbocycles. The minimum absolute atomic E-state index is 0.0657. The molecule has 1 saturated carbocycles. The normalized spacial score (nSPS) is 17.3. The third-order valence-electron chi connectivity index (χ3n) is 4.16. The molecule has 0 spiro atoms. The van der Waals surface area contributed by atoms with E-state index >= 15 is 0 Å². The summed E-state index contributed by atoms with van der Waals surface area (Å²) in [5.41, 5.74) is 0.715. The maximum absolute atomic E-state index is 12.5. The summed E-state index contributed by atoms with van der Waals surface area (Å²) in [6.45, 7) is 6.10. The lowest BCUT2D eigenvalue weighted by atomic mass is 9.84. The van der Waals surface area contributed by atoms with E-state index in [0.717, 1.165) is 19.0 Å². The van der Waals surface area contributed by atoms with Gasteiger partial charge in [0.1, 0.15) is 0 Å². The largest absolute Gasteiger partial charge is 0.294 e. The van der Waals surface area contributed by atoms with Gasteiger partial charge in [-0.25, -0.2) is 0 Å². The van der Waals surface area contributed by atoms with Crippen LogP contribution in [0.4, 0.5) is 0 Å². The predicted octanol–water partition coefficient (Wildman–Crippen LogP) is 4.03. The van der Waals surface area contributed by atoms with E-state index in [-0.39, 0.29) is 11.8 Å². The molecular formula is C16H22ClNO. The Morgan fingerprint density at radius 1 is 1.47 bits per heavy atom. The van der Waals surface area contributed by atoms with Gasteiger partial charge in [0.2, 0.25) is 0 Å². The van der Waals surface area contributed by atoms with Crippen LogP contribution in [0.1, 0.15) is 43.5 Å². The second kappa shape index (κ2) is 6.53. The van der Waals surface area contributed by atoms with Gasteiger partial charge < -0.3 is 0 Å². The molecule has 0 saturated heterocycles. The third kappa shape index (κ3) is 3.58. The van der Waals surface area contributed by atoms with Crippen LogP contribution in [0, 0.1) is 5.92 Å². The number of rotatable bonds is 6. The van der Waals surface area contributed by atoms with Crippen molar-refractivity contribution in [1.82, 2.24) is 4.90 Å². The number of Topliss-reactive ketones (excluding diaryl/α,β-unsaturated/α-hetero) is 1. The summed E-state index contributed by atoms with van der Waals surface area (Å²) >= 11 is 5.96. The van der Waals surface area contributed by atoms with Gasteiger partial charge in [0.15, 0.2) is 5.78 Å². The van der Waals surface area contributed by atoms with Crippen molar-refractivity contribution in [2.75, 3.05) is 13.1 Å². The van der Waals surface area contributed by atoms with Gasteiger partial charge in [0.25, 0.3) is 0 Å². The average Bonchev–Trinajstić information content (AvgIpc) is 2.36. The van der Waals surface area contributed by atoms with Gasteiger partial charge in [-0.2, -0.15) is 0 Å². The Bertz CT molecular complexity index is 442. The quantitative estimate of drug-likeness (QED) is 0.733. The first-order valence-electron chi connectivity index (χ1n) is 7.15. The standard InChI is InChI=1S/C16H22ClNO/c1-3-18(11-13-6-4-7-13)12(2)16(19)14-8-5-9-15(17)10-14/h5,8-10,12-13H,3-4,6-7,11H2,1-2H3. The predicted molar refractivity (Wildman–Crippen MR) is 79.8 cm³/mol. The second-order valence-electron chi connectivity index (χ2n) is 5.44. The molecule has 1 aromatic carbocycles. The highest BCUT2D eigenvalue weighted by molar-refractivity contribution is 6.31. The molecule has 0 amide bonds. The molecule has 0 aliphatic heterocycles. The van der Waals surface area contributed by atoms with Crippen LogP contribution in [0.3, 0.4) is 0 Å². The van der Waals surface area contributed by atoms with E-state index in [9.17, 15) is 4.79 Å². The van der Waals surface area contributed by atoms with E-state index in [4.69, 9.17) is 11.6 Å². The first kappa shape index (κ1) is 14.5. The van der Waals surface area contributed by atoms with Crippen LogP contribution in [0.5, 0.6) is 0 Å². The Morgan fingerprint density at radius 2 is 2.21 bits per heavy atom. The lowest BCUT2D eigenvalue weighted by Crippen LogP contribution is -2.43. The number of ketones is 1. The molecule has 19 heavy (non-hydrogen) atoms. The number of hydrogen-bond donors (Lipinski definition) is 0. The number of carbonyl (C=O) groups is 1. The van der Waals surface area contributed by atoms with Crippen LogP contribution in [-0.4, -0.2) is 29.8 Å². The monoisotopic (exact) mass is 279 g/mol. The lowest BCUT2D eigenvalue weighted by molar-refractivity contribution is 0.0789. The second-order valence-corrected chi connectivity index (χ2v) is 5.87. The molecule has 0 aromatic heterocycles. The highest BCUT2D eigenvalue weighted by Crippen LogP contribution is 2.28. The van der Waals surface area contributed by atoms with Crippen LogP contribution in [0.2, 0.25) is 5.02 Å². The van der Waals surface area contributed by atoms with Crippen LogP contribution in [-0.2, 0) is 0 Å². The number of hydrogen-bond acceptors (Lipinski definition) is 2. The molecular weight excluding hydrogens is 258 g/mol. The van der Waals surface area contributed by atoms with Crippen LogP contribution in [0.15, 0.2) is 24.3 Å². The van der Waals surface area contributed by atoms with Crippen molar-refractivity contribution < 1.29 is 4.79 Å². The average molecular weight is 280 g/mol. The van der Waals surface area contributed by atoms with E-state index in [2.05, 4.69) is 11.8 Å². The zero-order valence-electron chi connectivity index (χ0n) is 11.7. The van der Waals surface area contributed by atoms with E-state index in [1.165, 1.54) is 19.3 Å². The first-order valence-corrected chi connectivity index (χ1v) is 7.53. The Hall–Kier alpha value is -0.860. The van der Waals surface area contributed by atoms with Crippen LogP contribution >= 0.6 is 11.6 Å². The Morgan fingerprint density at radius 3 is 2.74 bits per heavy atom. The third-order valence-corrected chi connectivity index (χ3v) is 4.40. The van der Waals surface area contributed by atoms with Gasteiger partial charge in [-0.1, -0.05) is 37.1 Å². The summed E-state index contributed by atoms with van der Waals surface area (Å²) in [6.07, 6.45) is 3.97. The zero-order chi connectivity index (χ0) is 13.8. The maximum atomic E-state index is 12.5. The van der Waals surface area contributed by atoms with Crippen molar-refractivity contribution in [1.29, 1.82) is 0 Å². The highest BCUT2D eigenvalue weighted by atomic mass is 35.5. The number of carbonyl (C=O) groups excluding carboxylic acids is 1. The molecule has 0 heterocycles. The van der Waals surface area contributed by atoms with E-state index in [0.29, 0.717) is 10.6 Å². The molecule has 0 N–H and O–H groups in total. The molecule has 3 heteroatoms. The number of nitrogens with zero attached hydrogens (tertiary/aromatic N) is 1. The summed E-state index contributed by atoms with van der Waals surface area (Å²) in [5.74, 6) is 0.957.